The molecule has 0 aliphatic carbocycles. The van der Waals surface area contributed by atoms with E-state index in [9.17, 15) is 43.9 Å². The van der Waals surface area contributed by atoms with Gasteiger partial charge in [-0.1, -0.05) is 0 Å². The highest BCUT2D eigenvalue weighted by atomic mass is 32.2. The van der Waals surface area contributed by atoms with Gasteiger partial charge in [-0.25, -0.2) is 18.1 Å². The van der Waals surface area contributed by atoms with Crippen LogP contribution in [0.5, 0.6) is 0 Å². The van der Waals surface area contributed by atoms with Crippen LogP contribution >= 0.6 is 0 Å². The second kappa shape index (κ2) is 11.7. The van der Waals surface area contributed by atoms with Crippen molar-refractivity contribution < 1.29 is 49.1 Å². The summed E-state index contributed by atoms with van der Waals surface area (Å²) in [5.41, 5.74) is -0.239. The van der Waals surface area contributed by atoms with Gasteiger partial charge in [0.15, 0.2) is 5.65 Å². The zero-order valence-corrected chi connectivity index (χ0v) is 22.2. The van der Waals surface area contributed by atoms with Gasteiger partial charge in [0.1, 0.15) is 12.4 Å². The number of nitrogens with zero attached hydrogens (tertiary/aromatic N) is 4. The van der Waals surface area contributed by atoms with Crippen LogP contribution in [0.15, 0.2) is 48.2 Å². The second-order valence-corrected chi connectivity index (χ2v) is 11.1. The van der Waals surface area contributed by atoms with Gasteiger partial charge < -0.3 is 15.3 Å². The summed E-state index contributed by atoms with van der Waals surface area (Å²) in [6, 6.07) is 6.41. The molecule has 3 N–H and O–H groups in total. The van der Waals surface area contributed by atoms with Crippen molar-refractivity contribution in [2.24, 2.45) is 0 Å². The third-order valence-electron chi connectivity index (χ3n) is 6.34. The largest absolute Gasteiger partial charge is 0.455 e. The summed E-state index contributed by atoms with van der Waals surface area (Å²) in [7, 11) is -3.94. The maximum Gasteiger partial charge on any atom is 0.455 e. The molecule has 10 nitrogen and oxygen atoms in total. The van der Waals surface area contributed by atoms with E-state index in [1.807, 2.05) is 0 Å². The average Bonchev–Trinajstić information content (AvgIpc) is 3.29. The summed E-state index contributed by atoms with van der Waals surface area (Å²) < 4.78 is 118. The van der Waals surface area contributed by atoms with E-state index in [1.165, 1.54) is 30.3 Å². The van der Waals surface area contributed by atoms with Gasteiger partial charge in [0.25, 0.3) is 12.0 Å². The lowest BCUT2D eigenvalue weighted by Crippen LogP contribution is -2.40. The lowest BCUT2D eigenvalue weighted by molar-refractivity contribution is -0.287. The Labute approximate surface area is 233 Å². The number of nitrogens with one attached hydrogen (secondary N) is 2. The van der Waals surface area contributed by atoms with Crippen LogP contribution in [0.1, 0.15) is 23.2 Å². The summed E-state index contributed by atoms with van der Waals surface area (Å²) in [6.07, 6.45) is -6.63. The number of halogens is 7. The molecule has 0 saturated carbocycles. The molecule has 1 amide bonds. The monoisotopic (exact) mass is 624 g/mol. The highest BCUT2D eigenvalue weighted by molar-refractivity contribution is 7.92. The van der Waals surface area contributed by atoms with Gasteiger partial charge in [-0.2, -0.15) is 35.8 Å². The zero-order valence-electron chi connectivity index (χ0n) is 21.4. The number of benzene rings is 1. The van der Waals surface area contributed by atoms with E-state index in [2.05, 4.69) is 20.1 Å². The number of aliphatic hydroxyl groups excluding tert-OH is 1. The maximum atomic E-state index is 13.6. The molecule has 0 atom stereocenters. The molecule has 2 aromatic heterocycles. The number of sulfonamides is 1. The van der Waals surface area contributed by atoms with Crippen molar-refractivity contribution in [3.8, 4) is 0 Å². The Hall–Kier alpha value is -3.93. The quantitative estimate of drug-likeness (QED) is 0.302. The Morgan fingerprint density at radius 3 is 2.36 bits per heavy atom. The van der Waals surface area contributed by atoms with Crippen LogP contribution in [0.4, 0.5) is 47.9 Å². The number of alkyl halides is 5. The summed E-state index contributed by atoms with van der Waals surface area (Å²) in [6.45, 7) is -2.36. The molecule has 1 fully saturated rings. The number of aromatic nitrogens is 3. The number of aliphatic hydroxyl groups is 1. The number of hydrogen-bond donors (Lipinski definition) is 3. The van der Waals surface area contributed by atoms with Crippen LogP contribution in [-0.4, -0.2) is 71.7 Å². The molecule has 4 rings (SSSR count). The minimum Gasteiger partial charge on any atom is -0.395 e. The molecular weight excluding hydrogens is 601 g/mol. The Balaban J connectivity index is 1.64. The molecule has 1 aliphatic heterocycles. The highest BCUT2D eigenvalue weighted by Gasteiger charge is 2.58. The third kappa shape index (κ3) is 6.92. The first kappa shape index (κ1) is 31.0. The molecule has 3 aromatic rings. The lowest BCUT2D eigenvalue weighted by atomic mass is 10.0. The molecule has 18 heteroatoms. The molecule has 42 heavy (non-hydrogen) atoms. The topological polar surface area (TPSA) is 129 Å². The molecule has 0 unspecified atom stereocenters. The van der Waals surface area contributed by atoms with E-state index in [4.69, 9.17) is 5.11 Å². The number of carbonyl (C=O) groups excluding carboxylic acids is 1. The van der Waals surface area contributed by atoms with Gasteiger partial charge >= 0.3 is 12.1 Å². The standard InChI is InChI=1S/C24H23F7N6O4S/c25-20(26)14-5-7-36(8-6-14)18-11-16(35-42(40,41)10-9-38)2-3-17(18)22(39)34-19-4-1-15-12-32-37(21(15)33-19)13-23(27,28)24(29,30)31/h1-4,11-12,35,38H,5-10,13H2,(H,33,34,39). The molecule has 0 bridgehead atoms. The van der Waals surface area contributed by atoms with Crippen molar-refractivity contribution >= 4 is 44.2 Å². The minimum atomic E-state index is -5.83. The Morgan fingerprint density at radius 1 is 1.05 bits per heavy atom. The molecule has 228 valence electrons. The van der Waals surface area contributed by atoms with Crippen LogP contribution in [-0.2, 0) is 16.6 Å². The number of amides is 1. The first-order valence-electron chi connectivity index (χ1n) is 12.2. The molecule has 1 aliphatic rings. The average molecular weight is 625 g/mol. The Bertz CT molecular complexity index is 1610. The summed E-state index contributed by atoms with van der Waals surface area (Å²) >= 11 is 0. The molecule has 1 aromatic carbocycles. The van der Waals surface area contributed by atoms with Gasteiger partial charge in [-0.05, 0) is 48.7 Å². The van der Waals surface area contributed by atoms with E-state index in [-0.39, 0.29) is 65.3 Å². The zero-order chi connectivity index (χ0) is 30.9. The minimum absolute atomic E-state index is 0.0192. The number of pyridine rings is 1. The predicted octanol–water partition coefficient (Wildman–Crippen LogP) is 4.37. The second-order valence-electron chi connectivity index (χ2n) is 9.30. The van der Waals surface area contributed by atoms with Gasteiger partial charge in [0.05, 0.1) is 35.5 Å². The van der Waals surface area contributed by atoms with Crippen molar-refractivity contribution in [3.63, 3.8) is 0 Å². The fourth-order valence-electron chi connectivity index (χ4n) is 4.21. The van der Waals surface area contributed by atoms with E-state index in [0.29, 0.717) is 4.68 Å². The lowest BCUT2D eigenvalue weighted by Gasteiger charge is -2.31. The predicted molar refractivity (Wildman–Crippen MR) is 138 cm³/mol. The van der Waals surface area contributed by atoms with Crippen LogP contribution < -0.4 is 14.9 Å². The number of carbonyl (C=O) groups is 1. The van der Waals surface area contributed by atoms with Crippen molar-refractivity contribution in [2.45, 2.75) is 31.5 Å². The fourth-order valence-corrected chi connectivity index (χ4v) is 5.03. The molecular formula is C24H23F7N6O4S. The molecule has 0 radical (unpaired) electrons. The molecule has 1 saturated heterocycles. The normalized spacial score (nSPS) is 14.8. The number of hydrogen-bond acceptors (Lipinski definition) is 7. The van der Waals surface area contributed by atoms with Crippen molar-refractivity contribution in [3.05, 3.63) is 53.7 Å². The first-order valence-corrected chi connectivity index (χ1v) is 13.9. The van der Waals surface area contributed by atoms with Gasteiger partial charge in [0, 0.05) is 18.5 Å². The van der Waals surface area contributed by atoms with Crippen LogP contribution in [0.25, 0.3) is 11.0 Å². The van der Waals surface area contributed by atoms with Crippen molar-refractivity contribution in [1.82, 2.24) is 14.8 Å². The summed E-state index contributed by atoms with van der Waals surface area (Å²) in [5.74, 6) is -6.73. The van der Waals surface area contributed by atoms with Gasteiger partial charge in [-0.15, -0.1) is 0 Å². The number of anilines is 3. The van der Waals surface area contributed by atoms with Gasteiger partial charge in [-0.3, -0.25) is 9.52 Å². The Morgan fingerprint density at radius 2 is 1.74 bits per heavy atom. The fraction of sp³-hybridized carbons (Fsp3) is 0.375. The van der Waals surface area contributed by atoms with E-state index in [1.54, 1.807) is 4.90 Å². The van der Waals surface area contributed by atoms with E-state index in [0.717, 1.165) is 6.20 Å². The smallest absolute Gasteiger partial charge is 0.395 e. The Kier molecular flexibility index (Phi) is 8.68. The van der Waals surface area contributed by atoms with Crippen molar-refractivity contribution in [2.75, 3.05) is 40.4 Å². The maximum absolute atomic E-state index is 13.6. The molecule has 3 heterocycles. The number of rotatable bonds is 9. The van der Waals surface area contributed by atoms with Crippen molar-refractivity contribution in [1.29, 1.82) is 0 Å². The van der Waals surface area contributed by atoms with E-state index < -0.39 is 53.0 Å². The molecule has 0 spiro atoms. The SMILES string of the molecule is O=C(Nc1ccc2cnn(CC(F)(F)C(F)(F)F)c2n1)c1ccc(NS(=O)(=O)CCO)cc1N1CCC(=C(F)F)CC1. The number of fused-ring (bicyclic) bond motifs is 1. The number of piperidine rings is 1. The van der Waals surface area contributed by atoms with E-state index >= 15 is 0 Å². The third-order valence-corrected chi connectivity index (χ3v) is 7.61. The summed E-state index contributed by atoms with van der Waals surface area (Å²) in [5, 5.41) is 15.1. The van der Waals surface area contributed by atoms with Crippen LogP contribution in [0.2, 0.25) is 0 Å². The first-order chi connectivity index (χ1) is 19.6. The van der Waals surface area contributed by atoms with Gasteiger partial charge in [0.2, 0.25) is 10.0 Å². The highest BCUT2D eigenvalue weighted by Crippen LogP contribution is 2.37. The summed E-state index contributed by atoms with van der Waals surface area (Å²) in [4.78, 5) is 18.9. The van der Waals surface area contributed by atoms with Crippen LogP contribution in [0, 0.1) is 0 Å². The van der Waals surface area contributed by atoms with Crippen LogP contribution in [0.3, 0.4) is 0 Å².